The summed E-state index contributed by atoms with van der Waals surface area (Å²) in [7, 11) is -1.83. The van der Waals surface area contributed by atoms with Gasteiger partial charge in [-0.3, -0.25) is 4.79 Å². The van der Waals surface area contributed by atoms with Gasteiger partial charge >= 0.3 is 0 Å². The third-order valence-corrected chi connectivity index (χ3v) is 7.11. The lowest BCUT2D eigenvalue weighted by Gasteiger charge is -2.31. The Morgan fingerprint density at radius 1 is 1.14 bits per heavy atom. The molecule has 0 aromatic heterocycles. The summed E-state index contributed by atoms with van der Waals surface area (Å²) in [5.41, 5.74) is 3.21. The van der Waals surface area contributed by atoms with Crippen molar-refractivity contribution in [3.8, 4) is 5.75 Å². The number of Topliss-reactive ketones (excluding diaryl/α,β-unsaturated/α-hetero) is 1. The highest BCUT2D eigenvalue weighted by Crippen LogP contribution is 2.29. The fourth-order valence-corrected chi connectivity index (χ4v) is 5.55. The van der Waals surface area contributed by atoms with Crippen LogP contribution in [0.1, 0.15) is 39.9 Å². The van der Waals surface area contributed by atoms with Crippen molar-refractivity contribution in [3.63, 3.8) is 0 Å². The first-order valence-corrected chi connectivity index (χ1v) is 11.1. The minimum atomic E-state index is -3.45. The van der Waals surface area contributed by atoms with Gasteiger partial charge in [0.15, 0.2) is 5.78 Å². The monoisotopic (exact) mass is 401 g/mol. The Kier molecular flexibility index (Phi) is 6.20. The Bertz CT molecular complexity index is 931. The standard InChI is InChI=1S/C22H27NO4S/c1-16-12-20(13-17(2)22(16)27-3)21(24)19-10-7-11-23(14-19)28(25,26)15-18-8-5-4-6-9-18/h4-6,8-9,12-13,19H,7,10-11,14-15H2,1-3H3. The molecule has 0 radical (unpaired) electrons. The Balaban J connectivity index is 1.77. The first-order valence-electron chi connectivity index (χ1n) is 9.53. The molecule has 1 fully saturated rings. The highest BCUT2D eigenvalue weighted by atomic mass is 32.2. The van der Waals surface area contributed by atoms with Gasteiger partial charge in [-0.25, -0.2) is 12.7 Å². The van der Waals surface area contributed by atoms with Gasteiger partial charge in [-0.05, 0) is 55.5 Å². The van der Waals surface area contributed by atoms with Crippen LogP contribution in [0.15, 0.2) is 42.5 Å². The number of piperidine rings is 1. The largest absolute Gasteiger partial charge is 0.496 e. The summed E-state index contributed by atoms with van der Waals surface area (Å²) in [6.45, 7) is 4.55. The second-order valence-electron chi connectivity index (χ2n) is 7.45. The van der Waals surface area contributed by atoms with Gasteiger partial charge in [0.1, 0.15) is 5.75 Å². The second-order valence-corrected chi connectivity index (χ2v) is 9.42. The van der Waals surface area contributed by atoms with Gasteiger partial charge in [-0.2, -0.15) is 0 Å². The Hall–Kier alpha value is -2.18. The normalized spacial score (nSPS) is 18.0. The summed E-state index contributed by atoms with van der Waals surface area (Å²) in [6.07, 6.45) is 1.40. The van der Waals surface area contributed by atoms with Crippen LogP contribution in [0.2, 0.25) is 0 Å². The highest BCUT2D eigenvalue weighted by molar-refractivity contribution is 7.88. The van der Waals surface area contributed by atoms with Gasteiger partial charge in [0.2, 0.25) is 10.0 Å². The molecule has 1 aliphatic rings. The van der Waals surface area contributed by atoms with E-state index in [0.29, 0.717) is 24.9 Å². The van der Waals surface area contributed by atoms with Crippen LogP contribution < -0.4 is 4.74 Å². The molecule has 1 unspecified atom stereocenters. The van der Waals surface area contributed by atoms with Crippen LogP contribution in [0.25, 0.3) is 0 Å². The van der Waals surface area contributed by atoms with E-state index in [1.54, 1.807) is 7.11 Å². The second kappa shape index (κ2) is 8.45. The van der Waals surface area contributed by atoms with Crippen LogP contribution in [0.5, 0.6) is 5.75 Å². The van der Waals surface area contributed by atoms with E-state index in [1.165, 1.54) is 4.31 Å². The molecular weight excluding hydrogens is 374 g/mol. The number of hydrogen-bond donors (Lipinski definition) is 0. The first kappa shape index (κ1) is 20.6. The quantitative estimate of drug-likeness (QED) is 0.692. The zero-order valence-electron chi connectivity index (χ0n) is 16.6. The summed E-state index contributed by atoms with van der Waals surface area (Å²) in [4.78, 5) is 13.1. The van der Waals surface area contributed by atoms with E-state index in [2.05, 4.69) is 0 Å². The fourth-order valence-electron chi connectivity index (χ4n) is 3.94. The Morgan fingerprint density at radius 2 is 1.79 bits per heavy atom. The summed E-state index contributed by atoms with van der Waals surface area (Å²) >= 11 is 0. The van der Waals surface area contributed by atoms with E-state index in [0.717, 1.165) is 22.4 Å². The maximum atomic E-state index is 13.1. The molecule has 1 aliphatic heterocycles. The summed E-state index contributed by atoms with van der Waals surface area (Å²) in [6, 6.07) is 12.8. The summed E-state index contributed by atoms with van der Waals surface area (Å²) in [5, 5.41) is 0. The molecule has 3 rings (SSSR count). The Morgan fingerprint density at radius 3 is 2.39 bits per heavy atom. The summed E-state index contributed by atoms with van der Waals surface area (Å²) in [5.74, 6) is 0.447. The average Bonchev–Trinajstić information content (AvgIpc) is 2.67. The van der Waals surface area contributed by atoms with Crippen molar-refractivity contribution in [2.75, 3.05) is 20.2 Å². The van der Waals surface area contributed by atoms with Gasteiger partial charge in [0, 0.05) is 24.6 Å². The molecule has 5 nitrogen and oxygen atoms in total. The molecule has 6 heteroatoms. The average molecular weight is 402 g/mol. The van der Waals surface area contributed by atoms with Crippen LogP contribution in [0, 0.1) is 19.8 Å². The number of methoxy groups -OCH3 is 1. The van der Waals surface area contributed by atoms with Crippen molar-refractivity contribution in [2.24, 2.45) is 5.92 Å². The molecule has 2 aromatic rings. The molecule has 0 spiro atoms. The number of hydrogen-bond acceptors (Lipinski definition) is 4. The molecular formula is C22H27NO4S. The van der Waals surface area contributed by atoms with Crippen LogP contribution in [-0.4, -0.2) is 38.7 Å². The van der Waals surface area contributed by atoms with Crippen molar-refractivity contribution < 1.29 is 17.9 Å². The van der Waals surface area contributed by atoms with E-state index in [1.807, 2.05) is 56.3 Å². The molecule has 0 saturated carbocycles. The van der Waals surface area contributed by atoms with Gasteiger partial charge in [0.25, 0.3) is 0 Å². The molecule has 1 atom stereocenters. The number of ketones is 1. The number of carbonyl (C=O) groups is 1. The van der Waals surface area contributed by atoms with Gasteiger partial charge in [-0.15, -0.1) is 0 Å². The maximum Gasteiger partial charge on any atom is 0.218 e. The smallest absolute Gasteiger partial charge is 0.218 e. The van der Waals surface area contributed by atoms with Gasteiger partial charge in [-0.1, -0.05) is 30.3 Å². The summed E-state index contributed by atoms with van der Waals surface area (Å²) < 4.78 is 32.6. The molecule has 0 bridgehead atoms. The van der Waals surface area contributed by atoms with Crippen molar-refractivity contribution in [1.29, 1.82) is 0 Å². The predicted octanol–water partition coefficient (Wildman–Crippen LogP) is 3.74. The lowest BCUT2D eigenvalue weighted by atomic mass is 9.89. The minimum Gasteiger partial charge on any atom is -0.496 e. The number of sulfonamides is 1. The molecule has 0 aliphatic carbocycles. The lowest BCUT2D eigenvalue weighted by Crippen LogP contribution is -2.42. The van der Waals surface area contributed by atoms with Crippen molar-refractivity contribution in [3.05, 3.63) is 64.7 Å². The maximum absolute atomic E-state index is 13.1. The third-order valence-electron chi connectivity index (χ3n) is 5.29. The number of nitrogens with zero attached hydrogens (tertiary/aromatic N) is 1. The Labute approximate surface area is 167 Å². The fraction of sp³-hybridized carbons (Fsp3) is 0.409. The number of ether oxygens (including phenoxy) is 1. The highest BCUT2D eigenvalue weighted by Gasteiger charge is 2.33. The molecule has 1 heterocycles. The lowest BCUT2D eigenvalue weighted by molar-refractivity contribution is 0.0872. The van der Waals surface area contributed by atoms with Crippen molar-refractivity contribution in [2.45, 2.75) is 32.4 Å². The van der Waals surface area contributed by atoms with Crippen LogP contribution in [0.3, 0.4) is 0 Å². The number of benzene rings is 2. The zero-order chi connectivity index (χ0) is 20.3. The molecule has 150 valence electrons. The molecule has 0 amide bonds. The number of rotatable bonds is 6. The van der Waals surface area contributed by atoms with Crippen LogP contribution >= 0.6 is 0 Å². The van der Waals surface area contributed by atoms with E-state index >= 15 is 0 Å². The molecule has 1 saturated heterocycles. The number of aryl methyl sites for hydroxylation is 2. The van der Waals surface area contributed by atoms with Crippen molar-refractivity contribution in [1.82, 2.24) is 4.31 Å². The zero-order valence-corrected chi connectivity index (χ0v) is 17.5. The predicted molar refractivity (Wildman–Crippen MR) is 110 cm³/mol. The van der Waals surface area contributed by atoms with Gasteiger partial charge in [0.05, 0.1) is 12.9 Å². The number of carbonyl (C=O) groups excluding carboxylic acids is 1. The van der Waals surface area contributed by atoms with E-state index < -0.39 is 10.0 Å². The van der Waals surface area contributed by atoms with E-state index in [-0.39, 0.29) is 24.0 Å². The SMILES string of the molecule is COc1c(C)cc(C(=O)C2CCCN(S(=O)(=O)Cc3ccccc3)C2)cc1C. The third kappa shape index (κ3) is 4.45. The van der Waals surface area contributed by atoms with Gasteiger partial charge < -0.3 is 4.74 Å². The molecule has 2 aromatic carbocycles. The topological polar surface area (TPSA) is 63.7 Å². The van der Waals surface area contributed by atoms with Crippen molar-refractivity contribution >= 4 is 15.8 Å². The van der Waals surface area contributed by atoms with Crippen LogP contribution in [-0.2, 0) is 15.8 Å². The molecule has 0 N–H and O–H groups in total. The minimum absolute atomic E-state index is 0.00784. The molecule has 28 heavy (non-hydrogen) atoms. The van der Waals surface area contributed by atoms with E-state index in [4.69, 9.17) is 4.74 Å². The van der Waals surface area contributed by atoms with Crippen LogP contribution in [0.4, 0.5) is 0 Å². The first-order chi connectivity index (χ1) is 13.3. The van der Waals surface area contributed by atoms with E-state index in [9.17, 15) is 13.2 Å².